The lowest BCUT2D eigenvalue weighted by Crippen LogP contribution is -2.24. The van der Waals surface area contributed by atoms with Crippen LogP contribution >= 0.6 is 11.6 Å². The first kappa shape index (κ1) is 18.2. The summed E-state index contributed by atoms with van der Waals surface area (Å²) in [5, 5.41) is 21.5. The molecule has 2 aromatic carbocycles. The average molecular weight is 349 g/mol. The molecule has 0 saturated carbocycles. The number of halogens is 2. The van der Waals surface area contributed by atoms with Crippen molar-refractivity contribution in [3.05, 3.63) is 64.4 Å². The zero-order valence-corrected chi connectivity index (χ0v) is 13.9. The first-order valence-electron chi connectivity index (χ1n) is 7.48. The lowest BCUT2D eigenvalue weighted by atomic mass is 10.1. The number of nitrogens with one attached hydrogen (secondary N) is 1. The molecule has 0 bridgehead atoms. The third kappa shape index (κ3) is 4.93. The Bertz CT molecular complexity index is 716. The highest BCUT2D eigenvalue weighted by Gasteiger charge is 2.12. The summed E-state index contributed by atoms with van der Waals surface area (Å²) in [5.74, 6) is 0.105. The normalized spacial score (nSPS) is 13.1. The Morgan fingerprint density at radius 1 is 1.29 bits per heavy atom. The van der Waals surface area contributed by atoms with Crippen LogP contribution < -0.4 is 10.1 Å². The van der Waals surface area contributed by atoms with Gasteiger partial charge in [-0.25, -0.2) is 4.39 Å². The molecule has 0 heterocycles. The van der Waals surface area contributed by atoms with Crippen molar-refractivity contribution < 1.29 is 14.2 Å². The highest BCUT2D eigenvalue weighted by molar-refractivity contribution is 6.30. The van der Waals surface area contributed by atoms with E-state index in [-0.39, 0.29) is 11.6 Å². The van der Waals surface area contributed by atoms with E-state index >= 15 is 0 Å². The lowest BCUT2D eigenvalue weighted by molar-refractivity contribution is 0.243. The molecule has 0 radical (unpaired) electrons. The third-order valence-corrected chi connectivity index (χ3v) is 3.81. The van der Waals surface area contributed by atoms with Crippen LogP contribution in [0.25, 0.3) is 0 Å². The minimum absolute atomic E-state index is 0.0534. The van der Waals surface area contributed by atoms with Gasteiger partial charge in [-0.2, -0.15) is 5.26 Å². The fraction of sp³-hybridized carbons (Fsp3) is 0.278. The van der Waals surface area contributed by atoms with Crippen molar-refractivity contribution in [3.63, 3.8) is 0 Å². The van der Waals surface area contributed by atoms with E-state index in [2.05, 4.69) is 5.32 Å². The van der Waals surface area contributed by atoms with Gasteiger partial charge in [0.05, 0.1) is 17.7 Å². The third-order valence-electron chi connectivity index (χ3n) is 3.50. The number of nitriles is 1. The molecule has 2 unspecified atom stereocenters. The maximum Gasteiger partial charge on any atom is 0.181 e. The van der Waals surface area contributed by atoms with E-state index in [1.165, 1.54) is 12.1 Å². The summed E-state index contributed by atoms with van der Waals surface area (Å²) in [6, 6.07) is 13.4. The molecule has 2 rings (SSSR count). The molecule has 0 fully saturated rings. The summed E-state index contributed by atoms with van der Waals surface area (Å²) in [7, 11) is 0. The van der Waals surface area contributed by atoms with Crippen LogP contribution in [0.1, 0.15) is 24.1 Å². The standard InChI is InChI=1S/C18H18ClFN2O2/c1-12(9-21)24-15-5-2-13(3-6-15)10-22-18(11-23)14-4-7-16(19)17(20)8-14/h2-8,12,18,22-23H,10-11H2,1H3. The minimum atomic E-state index is -0.512. The minimum Gasteiger partial charge on any atom is -0.476 e. The molecular weight excluding hydrogens is 331 g/mol. The Labute approximate surface area is 145 Å². The highest BCUT2D eigenvalue weighted by atomic mass is 35.5. The average Bonchev–Trinajstić information content (AvgIpc) is 2.59. The number of hydrogen-bond donors (Lipinski definition) is 2. The number of aliphatic hydroxyl groups excluding tert-OH is 1. The largest absolute Gasteiger partial charge is 0.476 e. The van der Waals surface area contributed by atoms with Crippen LogP contribution in [-0.2, 0) is 6.54 Å². The highest BCUT2D eigenvalue weighted by Crippen LogP contribution is 2.21. The number of rotatable bonds is 7. The van der Waals surface area contributed by atoms with Gasteiger partial charge in [0.25, 0.3) is 0 Å². The van der Waals surface area contributed by atoms with E-state index in [1.807, 2.05) is 18.2 Å². The second-order valence-electron chi connectivity index (χ2n) is 5.32. The van der Waals surface area contributed by atoms with Crippen LogP contribution in [0.4, 0.5) is 4.39 Å². The maximum absolute atomic E-state index is 13.5. The van der Waals surface area contributed by atoms with Crippen molar-refractivity contribution in [2.24, 2.45) is 0 Å². The van der Waals surface area contributed by atoms with E-state index in [1.54, 1.807) is 25.1 Å². The first-order valence-corrected chi connectivity index (χ1v) is 7.85. The van der Waals surface area contributed by atoms with E-state index in [0.29, 0.717) is 17.9 Å². The smallest absolute Gasteiger partial charge is 0.181 e. The van der Waals surface area contributed by atoms with Crippen LogP contribution in [-0.4, -0.2) is 17.8 Å². The van der Waals surface area contributed by atoms with Crippen LogP contribution in [0.5, 0.6) is 5.75 Å². The molecule has 2 aromatic rings. The van der Waals surface area contributed by atoms with Gasteiger partial charge in [-0.3, -0.25) is 0 Å². The Morgan fingerprint density at radius 2 is 2.00 bits per heavy atom. The number of nitrogens with zero attached hydrogens (tertiary/aromatic N) is 1. The molecule has 0 aliphatic heterocycles. The molecule has 0 spiro atoms. The van der Waals surface area contributed by atoms with Crippen LogP contribution in [0.3, 0.4) is 0 Å². The number of aliphatic hydroxyl groups is 1. The first-order chi connectivity index (χ1) is 11.5. The molecule has 2 N–H and O–H groups in total. The van der Waals surface area contributed by atoms with Crippen molar-refractivity contribution in [2.75, 3.05) is 6.61 Å². The molecule has 24 heavy (non-hydrogen) atoms. The predicted octanol–water partition coefficient (Wildman–Crippen LogP) is 3.59. The summed E-state index contributed by atoms with van der Waals surface area (Å²) in [6.45, 7) is 2.00. The molecular formula is C18H18ClFN2O2. The molecule has 6 heteroatoms. The zero-order valence-electron chi connectivity index (χ0n) is 13.2. The van der Waals surface area contributed by atoms with E-state index < -0.39 is 18.0 Å². The molecule has 0 aliphatic rings. The predicted molar refractivity (Wildman–Crippen MR) is 90.2 cm³/mol. The van der Waals surface area contributed by atoms with Crippen molar-refractivity contribution in [3.8, 4) is 11.8 Å². The fourth-order valence-corrected chi connectivity index (χ4v) is 2.29. The zero-order chi connectivity index (χ0) is 17.5. The molecule has 126 valence electrons. The summed E-state index contributed by atoms with van der Waals surface area (Å²) >= 11 is 5.67. The fourth-order valence-electron chi connectivity index (χ4n) is 2.17. The van der Waals surface area contributed by atoms with Crippen LogP contribution in [0.15, 0.2) is 42.5 Å². The summed E-state index contributed by atoms with van der Waals surface area (Å²) < 4.78 is 18.9. The summed E-state index contributed by atoms with van der Waals surface area (Å²) in [6.07, 6.45) is -0.507. The second-order valence-corrected chi connectivity index (χ2v) is 5.73. The van der Waals surface area contributed by atoms with Crippen molar-refractivity contribution in [1.82, 2.24) is 5.32 Å². The van der Waals surface area contributed by atoms with E-state index in [4.69, 9.17) is 21.6 Å². The SMILES string of the molecule is CC(C#N)Oc1ccc(CNC(CO)c2ccc(Cl)c(F)c2)cc1. The summed E-state index contributed by atoms with van der Waals surface area (Å²) in [5.41, 5.74) is 1.60. The van der Waals surface area contributed by atoms with Gasteiger partial charge in [0, 0.05) is 6.54 Å². The van der Waals surface area contributed by atoms with E-state index in [0.717, 1.165) is 5.56 Å². The number of ether oxygens (including phenoxy) is 1. The molecule has 0 amide bonds. The molecule has 0 aliphatic carbocycles. The number of benzene rings is 2. The monoisotopic (exact) mass is 348 g/mol. The molecule has 0 aromatic heterocycles. The maximum atomic E-state index is 13.5. The lowest BCUT2D eigenvalue weighted by Gasteiger charge is -2.17. The van der Waals surface area contributed by atoms with Gasteiger partial charge in [0.1, 0.15) is 17.6 Å². The van der Waals surface area contributed by atoms with Crippen LogP contribution in [0, 0.1) is 17.1 Å². The summed E-state index contributed by atoms with van der Waals surface area (Å²) in [4.78, 5) is 0. The van der Waals surface area contributed by atoms with Crippen LogP contribution in [0.2, 0.25) is 5.02 Å². The van der Waals surface area contributed by atoms with Gasteiger partial charge in [0.15, 0.2) is 6.10 Å². The molecule has 0 saturated heterocycles. The second kappa shape index (κ2) is 8.65. The quantitative estimate of drug-likeness (QED) is 0.802. The van der Waals surface area contributed by atoms with Crippen molar-refractivity contribution in [2.45, 2.75) is 25.6 Å². The van der Waals surface area contributed by atoms with Gasteiger partial charge in [-0.05, 0) is 42.3 Å². The van der Waals surface area contributed by atoms with E-state index in [9.17, 15) is 9.50 Å². The molecule has 4 nitrogen and oxygen atoms in total. The number of hydrogen-bond acceptors (Lipinski definition) is 4. The van der Waals surface area contributed by atoms with Crippen molar-refractivity contribution >= 4 is 11.6 Å². The Kier molecular flexibility index (Phi) is 6.56. The van der Waals surface area contributed by atoms with Gasteiger partial charge in [-0.15, -0.1) is 0 Å². The Morgan fingerprint density at radius 3 is 2.58 bits per heavy atom. The van der Waals surface area contributed by atoms with Gasteiger partial charge < -0.3 is 15.2 Å². The topological polar surface area (TPSA) is 65.3 Å². The Hall–Kier alpha value is -2.13. The molecule has 2 atom stereocenters. The van der Waals surface area contributed by atoms with Gasteiger partial charge in [0.2, 0.25) is 0 Å². The Balaban J connectivity index is 1.97. The van der Waals surface area contributed by atoms with Gasteiger partial charge >= 0.3 is 0 Å². The van der Waals surface area contributed by atoms with Crippen molar-refractivity contribution in [1.29, 1.82) is 5.26 Å². The van der Waals surface area contributed by atoms with Gasteiger partial charge in [-0.1, -0.05) is 29.8 Å².